The summed E-state index contributed by atoms with van der Waals surface area (Å²) in [7, 11) is 0. The van der Waals surface area contributed by atoms with Crippen molar-refractivity contribution in [1.82, 2.24) is 4.90 Å². The summed E-state index contributed by atoms with van der Waals surface area (Å²) in [5.74, 6) is -3.17. The van der Waals surface area contributed by atoms with Crippen LogP contribution in [0.15, 0.2) is 18.2 Å². The van der Waals surface area contributed by atoms with E-state index < -0.39 is 55.1 Å². The molecule has 0 atom stereocenters. The summed E-state index contributed by atoms with van der Waals surface area (Å²) < 4.78 is 75.9. The Kier molecular flexibility index (Phi) is 5.59. The lowest BCUT2D eigenvalue weighted by Crippen LogP contribution is -2.38. The molecule has 0 saturated carbocycles. The van der Waals surface area contributed by atoms with Crippen LogP contribution in [-0.2, 0) is 6.18 Å². The average Bonchev–Trinajstić information content (AvgIpc) is 2.36. The molecule has 0 unspecified atom stereocenters. The van der Waals surface area contributed by atoms with Gasteiger partial charge in [-0.25, -0.2) is 13.2 Å². The van der Waals surface area contributed by atoms with E-state index in [1.165, 1.54) is 0 Å². The molecule has 0 saturated heterocycles. The fraction of sp³-hybridized carbons (Fsp3) is 0.417. The highest BCUT2D eigenvalue weighted by molar-refractivity contribution is 5.94. The molecule has 9 heteroatoms. The minimum absolute atomic E-state index is 0.392. The molecule has 0 aliphatic heterocycles. The van der Waals surface area contributed by atoms with Gasteiger partial charge in [-0.2, -0.15) is 13.2 Å². The van der Waals surface area contributed by atoms with E-state index in [1.54, 1.807) is 0 Å². The van der Waals surface area contributed by atoms with Gasteiger partial charge in [0.25, 0.3) is 12.3 Å². The van der Waals surface area contributed by atoms with Crippen molar-refractivity contribution in [3.8, 4) is 0 Å². The second kappa shape index (κ2) is 6.79. The molecule has 0 heterocycles. The van der Waals surface area contributed by atoms with Crippen molar-refractivity contribution < 1.29 is 36.2 Å². The van der Waals surface area contributed by atoms with Crippen LogP contribution in [0.4, 0.5) is 26.3 Å². The Bertz CT molecular complexity index is 503. The maximum absolute atomic E-state index is 13.7. The predicted octanol–water partition coefficient (Wildman–Crippen LogP) is 2.54. The van der Waals surface area contributed by atoms with Gasteiger partial charge in [0.15, 0.2) is 0 Å². The molecule has 0 bridgehead atoms. The zero-order valence-electron chi connectivity index (χ0n) is 10.5. The molecule has 0 radical (unpaired) electrons. The van der Waals surface area contributed by atoms with Gasteiger partial charge in [-0.3, -0.25) is 4.79 Å². The summed E-state index contributed by atoms with van der Waals surface area (Å²) in [6.07, 6.45) is -7.97. The molecular weight excluding hydrogens is 304 g/mol. The van der Waals surface area contributed by atoms with Gasteiger partial charge in [0, 0.05) is 6.54 Å². The number of aliphatic hydroxyl groups is 1. The highest BCUT2D eigenvalue weighted by atomic mass is 19.4. The van der Waals surface area contributed by atoms with Gasteiger partial charge < -0.3 is 10.0 Å². The van der Waals surface area contributed by atoms with Crippen molar-refractivity contribution in [2.75, 3.05) is 19.7 Å². The monoisotopic (exact) mass is 315 g/mol. The standard InChI is InChI=1S/C12H11F6NO2/c13-9(14)6-19(4-5-20)11(21)7-2-1-3-8(10(7)15)12(16,17)18/h1-3,9,20H,4-6H2. The van der Waals surface area contributed by atoms with Gasteiger partial charge in [0.05, 0.1) is 24.3 Å². The predicted molar refractivity (Wildman–Crippen MR) is 60.4 cm³/mol. The number of alkyl halides is 5. The van der Waals surface area contributed by atoms with Crippen LogP contribution in [-0.4, -0.2) is 42.0 Å². The topological polar surface area (TPSA) is 40.5 Å². The molecule has 0 fully saturated rings. The normalized spacial score (nSPS) is 11.8. The zero-order chi connectivity index (χ0) is 16.2. The Balaban J connectivity index is 3.16. The molecule has 0 aromatic heterocycles. The van der Waals surface area contributed by atoms with Crippen molar-refractivity contribution in [1.29, 1.82) is 0 Å². The van der Waals surface area contributed by atoms with Crippen molar-refractivity contribution in [2.45, 2.75) is 12.6 Å². The third kappa shape index (κ3) is 4.35. The smallest absolute Gasteiger partial charge is 0.395 e. The van der Waals surface area contributed by atoms with Crippen molar-refractivity contribution >= 4 is 5.91 Å². The fourth-order valence-electron chi connectivity index (χ4n) is 1.65. The minimum Gasteiger partial charge on any atom is -0.395 e. The summed E-state index contributed by atoms with van der Waals surface area (Å²) in [4.78, 5) is 12.2. The highest BCUT2D eigenvalue weighted by Gasteiger charge is 2.36. The number of amides is 1. The van der Waals surface area contributed by atoms with Crippen LogP contribution in [0, 0.1) is 5.82 Å². The molecule has 0 aliphatic carbocycles. The molecule has 1 amide bonds. The van der Waals surface area contributed by atoms with E-state index in [9.17, 15) is 31.1 Å². The van der Waals surface area contributed by atoms with Crippen LogP contribution in [0.25, 0.3) is 0 Å². The second-order valence-electron chi connectivity index (χ2n) is 4.03. The first-order valence-electron chi connectivity index (χ1n) is 5.72. The molecule has 3 nitrogen and oxygen atoms in total. The van der Waals surface area contributed by atoms with Gasteiger partial charge in [-0.15, -0.1) is 0 Å². The molecule has 1 rings (SSSR count). The van der Waals surface area contributed by atoms with E-state index >= 15 is 0 Å². The lowest BCUT2D eigenvalue weighted by atomic mass is 10.1. The zero-order valence-corrected chi connectivity index (χ0v) is 10.5. The highest BCUT2D eigenvalue weighted by Crippen LogP contribution is 2.32. The number of hydrogen-bond donors (Lipinski definition) is 1. The van der Waals surface area contributed by atoms with Crippen molar-refractivity contribution in [3.05, 3.63) is 35.1 Å². The quantitative estimate of drug-likeness (QED) is 0.848. The van der Waals surface area contributed by atoms with E-state index in [-0.39, 0.29) is 0 Å². The number of hydrogen-bond acceptors (Lipinski definition) is 2. The molecule has 1 N–H and O–H groups in total. The molecule has 21 heavy (non-hydrogen) atoms. The van der Waals surface area contributed by atoms with Crippen LogP contribution >= 0.6 is 0 Å². The summed E-state index contributed by atoms with van der Waals surface area (Å²) in [6.45, 7) is -2.34. The van der Waals surface area contributed by atoms with Crippen LogP contribution in [0.2, 0.25) is 0 Å². The Morgan fingerprint density at radius 3 is 2.38 bits per heavy atom. The molecular formula is C12H11F6NO2. The van der Waals surface area contributed by atoms with Crippen LogP contribution in [0.3, 0.4) is 0 Å². The first-order valence-corrected chi connectivity index (χ1v) is 5.72. The third-order valence-corrected chi connectivity index (χ3v) is 2.55. The Morgan fingerprint density at radius 2 is 1.90 bits per heavy atom. The van der Waals surface area contributed by atoms with Gasteiger partial charge in [0.1, 0.15) is 5.82 Å². The van der Waals surface area contributed by atoms with Crippen LogP contribution in [0.1, 0.15) is 15.9 Å². The fourth-order valence-corrected chi connectivity index (χ4v) is 1.65. The van der Waals surface area contributed by atoms with E-state index in [2.05, 4.69) is 0 Å². The lowest BCUT2D eigenvalue weighted by Gasteiger charge is -2.22. The van der Waals surface area contributed by atoms with Crippen LogP contribution in [0.5, 0.6) is 0 Å². The van der Waals surface area contributed by atoms with Crippen molar-refractivity contribution in [3.63, 3.8) is 0 Å². The van der Waals surface area contributed by atoms with Crippen LogP contribution < -0.4 is 0 Å². The average molecular weight is 315 g/mol. The number of carbonyl (C=O) groups is 1. The summed E-state index contributed by atoms with van der Waals surface area (Å²) in [6, 6.07) is 2.01. The minimum atomic E-state index is -5.01. The summed E-state index contributed by atoms with van der Waals surface area (Å²) in [5, 5.41) is 8.69. The first-order chi connectivity index (χ1) is 9.68. The maximum atomic E-state index is 13.7. The summed E-state index contributed by atoms with van der Waals surface area (Å²) >= 11 is 0. The van der Waals surface area contributed by atoms with E-state index in [0.29, 0.717) is 11.0 Å². The van der Waals surface area contributed by atoms with Gasteiger partial charge in [0.2, 0.25) is 0 Å². The van der Waals surface area contributed by atoms with Gasteiger partial charge >= 0.3 is 6.18 Å². The number of rotatable bonds is 5. The van der Waals surface area contributed by atoms with Gasteiger partial charge in [-0.1, -0.05) is 6.07 Å². The Morgan fingerprint density at radius 1 is 1.29 bits per heavy atom. The summed E-state index contributed by atoms with van der Waals surface area (Å²) in [5.41, 5.74) is -2.63. The largest absolute Gasteiger partial charge is 0.419 e. The Labute approximate surface area is 115 Å². The SMILES string of the molecule is O=C(c1cccc(C(F)(F)F)c1F)N(CCO)CC(F)F. The molecule has 118 valence electrons. The van der Waals surface area contributed by atoms with Crippen molar-refractivity contribution in [2.24, 2.45) is 0 Å². The Hall–Kier alpha value is -1.77. The lowest BCUT2D eigenvalue weighted by molar-refractivity contribution is -0.140. The molecule has 0 aliphatic rings. The number of halogens is 6. The number of nitrogens with zero attached hydrogens (tertiary/aromatic N) is 1. The molecule has 0 spiro atoms. The molecule has 1 aromatic carbocycles. The number of carbonyl (C=O) groups excluding carboxylic acids is 1. The van der Waals surface area contributed by atoms with E-state index in [1.807, 2.05) is 0 Å². The van der Waals surface area contributed by atoms with Gasteiger partial charge in [-0.05, 0) is 12.1 Å². The first kappa shape index (κ1) is 17.3. The number of aliphatic hydroxyl groups excluding tert-OH is 1. The molecule has 1 aromatic rings. The van der Waals surface area contributed by atoms with E-state index in [0.717, 1.165) is 12.1 Å². The second-order valence-corrected chi connectivity index (χ2v) is 4.03. The third-order valence-electron chi connectivity index (χ3n) is 2.55. The van der Waals surface area contributed by atoms with E-state index in [4.69, 9.17) is 5.11 Å². The number of benzene rings is 1. The maximum Gasteiger partial charge on any atom is 0.419 e.